The van der Waals surface area contributed by atoms with E-state index in [0.717, 1.165) is 31.6 Å². The van der Waals surface area contributed by atoms with Gasteiger partial charge >= 0.3 is 0 Å². The first-order valence-electron chi connectivity index (χ1n) is 8.42. The standard InChI is InChI=1S/C20H24N2O2/c1-20(16-8-4-3-5-9-16)12-7-13-22(15-20)19(23)18-11-6-10-17(21-18)14-24-2/h3-6,8-11H,7,12-15H2,1-2H3/t20-/m0/s1. The van der Waals surface area contributed by atoms with Crippen molar-refractivity contribution in [1.82, 2.24) is 9.88 Å². The lowest BCUT2D eigenvalue weighted by atomic mass is 9.76. The van der Waals surface area contributed by atoms with Crippen LogP contribution in [0.2, 0.25) is 0 Å². The van der Waals surface area contributed by atoms with Crippen LogP contribution in [0.25, 0.3) is 0 Å². The molecule has 1 aliphatic heterocycles. The third kappa shape index (κ3) is 3.49. The minimum absolute atomic E-state index is 0.000685. The van der Waals surface area contributed by atoms with E-state index >= 15 is 0 Å². The third-order valence-corrected chi connectivity index (χ3v) is 4.77. The summed E-state index contributed by atoms with van der Waals surface area (Å²) in [5, 5.41) is 0. The summed E-state index contributed by atoms with van der Waals surface area (Å²) in [5.74, 6) is 0.00908. The molecular formula is C20H24N2O2. The van der Waals surface area contributed by atoms with Crippen molar-refractivity contribution in [3.63, 3.8) is 0 Å². The molecule has 0 N–H and O–H groups in total. The quantitative estimate of drug-likeness (QED) is 0.865. The van der Waals surface area contributed by atoms with Crippen LogP contribution in [0.5, 0.6) is 0 Å². The largest absolute Gasteiger partial charge is 0.378 e. The lowest BCUT2D eigenvalue weighted by Crippen LogP contribution is -2.47. The Kier molecular flexibility index (Phi) is 4.95. The van der Waals surface area contributed by atoms with Gasteiger partial charge in [0.2, 0.25) is 0 Å². The fourth-order valence-electron chi connectivity index (χ4n) is 3.48. The molecule has 1 fully saturated rings. The third-order valence-electron chi connectivity index (χ3n) is 4.77. The maximum absolute atomic E-state index is 12.9. The number of rotatable bonds is 4. The van der Waals surface area contributed by atoms with E-state index in [1.165, 1.54) is 5.56 Å². The van der Waals surface area contributed by atoms with Crippen LogP contribution in [0, 0.1) is 0 Å². The van der Waals surface area contributed by atoms with Crippen molar-refractivity contribution in [3.05, 3.63) is 65.5 Å². The Bertz CT molecular complexity index is 702. The molecule has 4 heteroatoms. The predicted octanol–water partition coefficient (Wildman–Crippen LogP) is 3.42. The van der Waals surface area contributed by atoms with Crippen LogP contribution in [0.15, 0.2) is 48.5 Å². The molecule has 0 saturated carbocycles. The first-order chi connectivity index (χ1) is 11.6. The summed E-state index contributed by atoms with van der Waals surface area (Å²) < 4.78 is 5.11. The van der Waals surface area contributed by atoms with E-state index in [2.05, 4.69) is 36.2 Å². The number of methoxy groups -OCH3 is 1. The summed E-state index contributed by atoms with van der Waals surface area (Å²) in [4.78, 5) is 19.3. The van der Waals surface area contributed by atoms with E-state index in [1.54, 1.807) is 13.2 Å². The molecule has 1 aliphatic rings. The Labute approximate surface area is 143 Å². The first-order valence-corrected chi connectivity index (χ1v) is 8.42. The number of amides is 1. The highest BCUT2D eigenvalue weighted by Gasteiger charge is 2.35. The SMILES string of the molecule is COCc1cccc(C(=O)N2CCC[C@](C)(c3ccccc3)C2)n1. The van der Waals surface area contributed by atoms with Gasteiger partial charge in [0.25, 0.3) is 5.91 Å². The highest BCUT2D eigenvalue weighted by Crippen LogP contribution is 2.33. The molecule has 0 radical (unpaired) electrons. The molecule has 1 amide bonds. The van der Waals surface area contributed by atoms with Crippen LogP contribution >= 0.6 is 0 Å². The molecule has 3 rings (SSSR count). The van der Waals surface area contributed by atoms with E-state index in [9.17, 15) is 4.79 Å². The Balaban J connectivity index is 1.79. The average molecular weight is 324 g/mol. The van der Waals surface area contributed by atoms with E-state index in [1.807, 2.05) is 23.1 Å². The average Bonchev–Trinajstić information content (AvgIpc) is 2.62. The van der Waals surface area contributed by atoms with Gasteiger partial charge in [-0.05, 0) is 30.5 Å². The highest BCUT2D eigenvalue weighted by atomic mass is 16.5. The maximum atomic E-state index is 12.9. The summed E-state index contributed by atoms with van der Waals surface area (Å²) in [6, 6.07) is 16.0. The monoisotopic (exact) mass is 324 g/mol. The summed E-state index contributed by atoms with van der Waals surface area (Å²) in [5.41, 5.74) is 2.58. The predicted molar refractivity (Wildman–Crippen MR) is 93.9 cm³/mol. The Morgan fingerprint density at radius 3 is 2.75 bits per heavy atom. The molecule has 2 heterocycles. The zero-order valence-corrected chi connectivity index (χ0v) is 14.4. The normalized spacial score (nSPS) is 20.8. The van der Waals surface area contributed by atoms with Crippen molar-refractivity contribution in [1.29, 1.82) is 0 Å². The summed E-state index contributed by atoms with van der Waals surface area (Å²) in [7, 11) is 1.63. The number of pyridine rings is 1. The van der Waals surface area contributed by atoms with Crippen LogP contribution < -0.4 is 0 Å². The zero-order chi connectivity index (χ0) is 17.0. The number of ether oxygens (including phenoxy) is 1. The summed E-state index contributed by atoms with van der Waals surface area (Å²) >= 11 is 0. The fraction of sp³-hybridized carbons (Fsp3) is 0.400. The van der Waals surface area contributed by atoms with Crippen molar-refractivity contribution in [2.24, 2.45) is 0 Å². The molecule has 4 nitrogen and oxygen atoms in total. The Morgan fingerprint density at radius 1 is 1.21 bits per heavy atom. The number of aromatic nitrogens is 1. The van der Waals surface area contributed by atoms with E-state index in [0.29, 0.717) is 12.3 Å². The summed E-state index contributed by atoms with van der Waals surface area (Å²) in [6.45, 7) is 4.18. The molecule has 1 aromatic carbocycles. The molecule has 1 aromatic heterocycles. The number of hydrogen-bond donors (Lipinski definition) is 0. The second-order valence-corrected chi connectivity index (χ2v) is 6.70. The number of likely N-dealkylation sites (tertiary alicyclic amines) is 1. The van der Waals surface area contributed by atoms with Crippen LogP contribution in [-0.2, 0) is 16.8 Å². The van der Waals surface area contributed by atoms with Crippen molar-refractivity contribution in [3.8, 4) is 0 Å². The number of carbonyl (C=O) groups is 1. The first kappa shape index (κ1) is 16.7. The van der Waals surface area contributed by atoms with Crippen molar-refractivity contribution < 1.29 is 9.53 Å². The number of piperidine rings is 1. The van der Waals surface area contributed by atoms with Crippen molar-refractivity contribution in [2.75, 3.05) is 20.2 Å². The van der Waals surface area contributed by atoms with Crippen molar-refractivity contribution >= 4 is 5.91 Å². The highest BCUT2D eigenvalue weighted by molar-refractivity contribution is 5.92. The number of benzene rings is 1. The zero-order valence-electron chi connectivity index (χ0n) is 14.4. The van der Waals surface area contributed by atoms with Gasteiger partial charge in [0.05, 0.1) is 12.3 Å². The molecule has 1 atom stereocenters. The van der Waals surface area contributed by atoms with Crippen LogP contribution in [0.3, 0.4) is 0 Å². The van der Waals surface area contributed by atoms with Gasteiger partial charge in [-0.3, -0.25) is 4.79 Å². The molecular weight excluding hydrogens is 300 g/mol. The maximum Gasteiger partial charge on any atom is 0.272 e. The van der Waals surface area contributed by atoms with Gasteiger partial charge in [-0.15, -0.1) is 0 Å². The van der Waals surface area contributed by atoms with Gasteiger partial charge in [0.15, 0.2) is 0 Å². The molecule has 126 valence electrons. The number of hydrogen-bond acceptors (Lipinski definition) is 3. The minimum atomic E-state index is -0.000685. The van der Waals surface area contributed by atoms with Gasteiger partial charge in [-0.25, -0.2) is 4.98 Å². The lowest BCUT2D eigenvalue weighted by Gasteiger charge is -2.40. The van der Waals surface area contributed by atoms with Gasteiger partial charge in [0, 0.05) is 25.6 Å². The molecule has 1 saturated heterocycles. The topological polar surface area (TPSA) is 42.4 Å². The van der Waals surface area contributed by atoms with Gasteiger partial charge < -0.3 is 9.64 Å². The van der Waals surface area contributed by atoms with E-state index in [-0.39, 0.29) is 11.3 Å². The van der Waals surface area contributed by atoms with E-state index < -0.39 is 0 Å². The fourth-order valence-corrected chi connectivity index (χ4v) is 3.48. The molecule has 0 aliphatic carbocycles. The summed E-state index contributed by atoms with van der Waals surface area (Å²) in [6.07, 6.45) is 2.10. The number of carbonyl (C=O) groups excluding carboxylic acids is 1. The molecule has 24 heavy (non-hydrogen) atoms. The van der Waals surface area contributed by atoms with Gasteiger partial charge in [0.1, 0.15) is 5.69 Å². The lowest BCUT2D eigenvalue weighted by molar-refractivity contribution is 0.0644. The molecule has 0 unspecified atom stereocenters. The number of nitrogens with zero attached hydrogens (tertiary/aromatic N) is 2. The smallest absolute Gasteiger partial charge is 0.272 e. The Morgan fingerprint density at radius 2 is 2.00 bits per heavy atom. The van der Waals surface area contributed by atoms with Crippen molar-refractivity contribution in [2.45, 2.75) is 31.8 Å². The second-order valence-electron chi connectivity index (χ2n) is 6.70. The van der Waals surface area contributed by atoms with Crippen LogP contribution in [0.1, 0.15) is 41.5 Å². The van der Waals surface area contributed by atoms with Crippen LogP contribution in [-0.4, -0.2) is 36.0 Å². The van der Waals surface area contributed by atoms with Gasteiger partial charge in [-0.2, -0.15) is 0 Å². The molecule has 0 bridgehead atoms. The Hall–Kier alpha value is -2.20. The van der Waals surface area contributed by atoms with Gasteiger partial charge in [-0.1, -0.05) is 43.3 Å². The second kappa shape index (κ2) is 7.14. The van der Waals surface area contributed by atoms with E-state index in [4.69, 9.17) is 4.74 Å². The molecule has 0 spiro atoms. The molecule has 2 aromatic rings. The van der Waals surface area contributed by atoms with Crippen LogP contribution in [0.4, 0.5) is 0 Å². The minimum Gasteiger partial charge on any atom is -0.378 e.